The van der Waals surface area contributed by atoms with Crippen molar-refractivity contribution in [2.75, 3.05) is 0 Å². The molecule has 76 valence electrons. The Kier molecular flexibility index (Phi) is 1.54. The van der Waals surface area contributed by atoms with Gasteiger partial charge in [-0.15, -0.1) is 0 Å². The fourth-order valence-corrected chi connectivity index (χ4v) is 3.87. The normalized spacial score (nSPS) is 58.6. The van der Waals surface area contributed by atoms with E-state index in [0.717, 1.165) is 12.8 Å². The summed E-state index contributed by atoms with van der Waals surface area (Å²) in [4.78, 5) is 0. The van der Waals surface area contributed by atoms with E-state index in [4.69, 9.17) is 0 Å². The van der Waals surface area contributed by atoms with Gasteiger partial charge in [0.15, 0.2) is 0 Å². The summed E-state index contributed by atoms with van der Waals surface area (Å²) < 4.78 is 0. The summed E-state index contributed by atoms with van der Waals surface area (Å²) in [6, 6.07) is 0. The van der Waals surface area contributed by atoms with Crippen LogP contribution in [0.4, 0.5) is 0 Å². The first-order valence-corrected chi connectivity index (χ1v) is 5.15. The summed E-state index contributed by atoms with van der Waals surface area (Å²) in [6.45, 7) is 8.25. The van der Waals surface area contributed by atoms with E-state index in [1.165, 1.54) is 0 Å². The topological polar surface area (TPSA) is 40.5 Å². The minimum atomic E-state index is -0.878. The van der Waals surface area contributed by atoms with E-state index in [0.29, 0.717) is 0 Å². The molecule has 13 heavy (non-hydrogen) atoms. The van der Waals surface area contributed by atoms with Crippen LogP contribution in [0.2, 0.25) is 0 Å². The lowest BCUT2D eigenvalue weighted by Crippen LogP contribution is -2.47. The van der Waals surface area contributed by atoms with Crippen LogP contribution in [0.3, 0.4) is 0 Å². The van der Waals surface area contributed by atoms with Crippen LogP contribution in [0.15, 0.2) is 0 Å². The minimum Gasteiger partial charge on any atom is -0.390 e. The predicted molar refractivity (Wildman–Crippen MR) is 51.2 cm³/mol. The molecule has 0 aromatic carbocycles. The number of aliphatic hydroxyl groups is 2. The lowest BCUT2D eigenvalue weighted by molar-refractivity contribution is -0.115. The van der Waals surface area contributed by atoms with Crippen molar-refractivity contribution >= 4 is 0 Å². The first-order valence-electron chi connectivity index (χ1n) is 5.15. The van der Waals surface area contributed by atoms with E-state index in [2.05, 4.69) is 20.8 Å². The number of rotatable bonds is 0. The highest BCUT2D eigenvalue weighted by atomic mass is 16.3. The summed E-state index contributed by atoms with van der Waals surface area (Å²) in [6.07, 6.45) is 1.53. The van der Waals surface area contributed by atoms with Gasteiger partial charge in [-0.25, -0.2) is 0 Å². The van der Waals surface area contributed by atoms with Crippen LogP contribution in [0.25, 0.3) is 0 Å². The van der Waals surface area contributed by atoms with Gasteiger partial charge in [0.25, 0.3) is 0 Å². The zero-order valence-electron chi connectivity index (χ0n) is 8.96. The van der Waals surface area contributed by atoms with Crippen LogP contribution in [0, 0.1) is 16.7 Å². The zero-order valence-corrected chi connectivity index (χ0v) is 8.96. The molecule has 2 aliphatic carbocycles. The molecule has 0 aromatic heterocycles. The molecular weight excluding hydrogens is 164 g/mol. The van der Waals surface area contributed by atoms with E-state index in [-0.39, 0.29) is 16.7 Å². The molecule has 4 unspecified atom stereocenters. The Morgan fingerprint density at radius 2 is 1.69 bits per heavy atom. The third kappa shape index (κ3) is 0.774. The SMILES string of the molecule is CC1(O)C2CCC(C)(C1O)C2(C)C. The molecule has 0 amide bonds. The monoisotopic (exact) mass is 184 g/mol. The van der Waals surface area contributed by atoms with Gasteiger partial charge < -0.3 is 10.2 Å². The molecule has 0 heterocycles. The molecule has 2 N–H and O–H groups in total. The molecule has 2 rings (SSSR count). The van der Waals surface area contributed by atoms with E-state index >= 15 is 0 Å². The van der Waals surface area contributed by atoms with Gasteiger partial charge in [0.2, 0.25) is 0 Å². The van der Waals surface area contributed by atoms with Crippen LogP contribution in [0.5, 0.6) is 0 Å². The van der Waals surface area contributed by atoms with Crippen LogP contribution < -0.4 is 0 Å². The molecule has 2 fully saturated rings. The number of hydrogen-bond acceptors (Lipinski definition) is 2. The lowest BCUT2D eigenvalue weighted by atomic mass is 9.70. The fraction of sp³-hybridized carbons (Fsp3) is 1.00. The lowest BCUT2D eigenvalue weighted by Gasteiger charge is -2.38. The zero-order chi connectivity index (χ0) is 10.1. The Bertz CT molecular complexity index is 244. The van der Waals surface area contributed by atoms with Gasteiger partial charge in [-0.3, -0.25) is 0 Å². The minimum absolute atomic E-state index is 0.0654. The van der Waals surface area contributed by atoms with Gasteiger partial charge in [0.1, 0.15) is 0 Å². The van der Waals surface area contributed by atoms with Crippen molar-refractivity contribution in [1.29, 1.82) is 0 Å². The van der Waals surface area contributed by atoms with Crippen molar-refractivity contribution in [3.8, 4) is 0 Å². The predicted octanol–water partition coefficient (Wildman–Crippen LogP) is 1.55. The molecule has 2 aliphatic rings. The van der Waals surface area contributed by atoms with Crippen LogP contribution in [0.1, 0.15) is 40.5 Å². The Morgan fingerprint density at radius 1 is 1.15 bits per heavy atom. The highest BCUT2D eigenvalue weighted by Crippen LogP contribution is 2.68. The number of hydrogen-bond donors (Lipinski definition) is 2. The molecule has 2 nitrogen and oxygen atoms in total. The van der Waals surface area contributed by atoms with Gasteiger partial charge in [-0.1, -0.05) is 20.8 Å². The van der Waals surface area contributed by atoms with Crippen molar-refractivity contribution in [3.05, 3.63) is 0 Å². The first kappa shape index (κ1) is 9.47. The molecule has 0 aliphatic heterocycles. The third-order valence-electron chi connectivity index (χ3n) is 5.16. The number of fused-ring (bicyclic) bond motifs is 2. The van der Waals surface area contributed by atoms with Crippen molar-refractivity contribution in [2.24, 2.45) is 16.7 Å². The standard InChI is InChI=1S/C11H20O2/c1-9(2)7-5-6-10(9,3)8(12)11(7,4)13/h7-8,12-13H,5-6H2,1-4H3. The Balaban J connectivity index is 2.51. The maximum atomic E-state index is 10.2. The highest BCUT2D eigenvalue weighted by Gasteiger charge is 2.70. The molecule has 2 bridgehead atoms. The van der Waals surface area contributed by atoms with E-state index in [1.807, 2.05) is 0 Å². The van der Waals surface area contributed by atoms with E-state index in [9.17, 15) is 10.2 Å². The van der Waals surface area contributed by atoms with Crippen molar-refractivity contribution in [3.63, 3.8) is 0 Å². The molecule has 2 heteroatoms. The molecule has 4 atom stereocenters. The highest BCUT2D eigenvalue weighted by molar-refractivity contribution is 5.19. The Hall–Kier alpha value is -0.0800. The summed E-state index contributed by atoms with van der Waals surface area (Å²) in [5.41, 5.74) is -0.909. The first-order chi connectivity index (χ1) is 5.74. The van der Waals surface area contributed by atoms with Crippen molar-refractivity contribution in [2.45, 2.75) is 52.2 Å². The van der Waals surface area contributed by atoms with Gasteiger partial charge in [-0.05, 0) is 31.1 Å². The van der Waals surface area contributed by atoms with Gasteiger partial charge in [0.05, 0.1) is 11.7 Å². The summed E-state index contributed by atoms with van der Waals surface area (Å²) in [5, 5.41) is 20.3. The third-order valence-corrected chi connectivity index (χ3v) is 5.16. The van der Waals surface area contributed by atoms with Gasteiger partial charge >= 0.3 is 0 Å². The second kappa shape index (κ2) is 2.12. The van der Waals surface area contributed by atoms with E-state index < -0.39 is 11.7 Å². The fourth-order valence-electron chi connectivity index (χ4n) is 3.87. The second-order valence-electron chi connectivity index (χ2n) is 5.86. The molecule has 2 saturated carbocycles. The van der Waals surface area contributed by atoms with Gasteiger partial charge in [0, 0.05) is 5.41 Å². The summed E-state index contributed by atoms with van der Waals surface area (Å²) >= 11 is 0. The molecular formula is C11H20O2. The summed E-state index contributed by atoms with van der Waals surface area (Å²) in [7, 11) is 0. The molecule has 0 spiro atoms. The number of aliphatic hydroxyl groups excluding tert-OH is 1. The smallest absolute Gasteiger partial charge is 0.0916 e. The molecule has 0 aromatic rings. The molecule has 0 radical (unpaired) electrons. The van der Waals surface area contributed by atoms with Crippen LogP contribution >= 0.6 is 0 Å². The van der Waals surface area contributed by atoms with Gasteiger partial charge in [-0.2, -0.15) is 0 Å². The largest absolute Gasteiger partial charge is 0.390 e. The van der Waals surface area contributed by atoms with Crippen molar-refractivity contribution < 1.29 is 10.2 Å². The summed E-state index contributed by atoms with van der Waals surface area (Å²) in [5.74, 6) is 0.250. The second-order valence-corrected chi connectivity index (χ2v) is 5.86. The van der Waals surface area contributed by atoms with Crippen LogP contribution in [-0.4, -0.2) is 21.9 Å². The van der Waals surface area contributed by atoms with Crippen LogP contribution in [-0.2, 0) is 0 Å². The Labute approximate surface area is 80.0 Å². The maximum absolute atomic E-state index is 10.2. The van der Waals surface area contributed by atoms with Crippen molar-refractivity contribution in [1.82, 2.24) is 0 Å². The Morgan fingerprint density at radius 3 is 1.92 bits per heavy atom. The quantitative estimate of drug-likeness (QED) is 0.599. The van der Waals surface area contributed by atoms with E-state index in [1.54, 1.807) is 6.92 Å². The molecule has 0 saturated heterocycles. The average Bonchev–Trinajstić information content (AvgIpc) is 2.26. The maximum Gasteiger partial charge on any atom is 0.0916 e. The average molecular weight is 184 g/mol.